The minimum absolute atomic E-state index is 0.179. The van der Waals surface area contributed by atoms with E-state index in [1.165, 1.54) is 30.3 Å². The molecule has 2 aromatic carbocycles. The summed E-state index contributed by atoms with van der Waals surface area (Å²) >= 11 is 0. The van der Waals surface area contributed by atoms with Gasteiger partial charge in [0.15, 0.2) is 0 Å². The lowest BCUT2D eigenvalue weighted by Gasteiger charge is -2.17. The summed E-state index contributed by atoms with van der Waals surface area (Å²) in [4.78, 5) is 12.4. The van der Waals surface area contributed by atoms with Crippen LogP contribution in [-0.2, 0) is 27.7 Å². The second-order valence-corrected chi connectivity index (χ2v) is 8.00. The number of amides is 1. The molecule has 0 saturated carbocycles. The van der Waals surface area contributed by atoms with Crippen molar-refractivity contribution in [1.82, 2.24) is 4.31 Å². The molecular formula is C18H20N2O3S. The summed E-state index contributed by atoms with van der Waals surface area (Å²) in [7, 11) is -2.26. The van der Waals surface area contributed by atoms with Crippen molar-refractivity contribution in [2.45, 2.75) is 24.2 Å². The Morgan fingerprint density at radius 2 is 1.79 bits per heavy atom. The largest absolute Gasteiger partial charge is 0.325 e. The minimum Gasteiger partial charge on any atom is -0.325 e. The number of likely N-dealkylation sites (N-methyl/N-ethyl adjacent to an activating group) is 1. The molecule has 126 valence electrons. The normalized spacial score (nSPS) is 13.8. The van der Waals surface area contributed by atoms with Gasteiger partial charge in [-0.3, -0.25) is 4.79 Å². The van der Waals surface area contributed by atoms with Gasteiger partial charge in [-0.15, -0.1) is 0 Å². The van der Waals surface area contributed by atoms with Crippen LogP contribution in [0, 0.1) is 0 Å². The Kier molecular flexibility index (Phi) is 4.69. The van der Waals surface area contributed by atoms with Gasteiger partial charge < -0.3 is 5.32 Å². The molecule has 0 unspecified atom stereocenters. The Morgan fingerprint density at radius 1 is 1.08 bits per heavy atom. The zero-order chi connectivity index (χ0) is 17.2. The molecule has 0 bridgehead atoms. The average molecular weight is 344 g/mol. The first-order chi connectivity index (χ1) is 11.5. The molecule has 1 aliphatic rings. The van der Waals surface area contributed by atoms with Crippen LogP contribution in [0.2, 0.25) is 0 Å². The smallest absolute Gasteiger partial charge is 0.243 e. The van der Waals surface area contributed by atoms with Crippen molar-refractivity contribution in [3.63, 3.8) is 0 Å². The lowest BCUT2D eigenvalue weighted by Crippen LogP contribution is -2.34. The monoisotopic (exact) mass is 344 g/mol. The van der Waals surface area contributed by atoms with Gasteiger partial charge in [-0.25, -0.2) is 8.42 Å². The van der Waals surface area contributed by atoms with E-state index >= 15 is 0 Å². The van der Waals surface area contributed by atoms with Gasteiger partial charge in [-0.2, -0.15) is 4.31 Å². The second kappa shape index (κ2) is 6.75. The molecule has 1 amide bonds. The number of benzene rings is 2. The van der Waals surface area contributed by atoms with Crippen LogP contribution < -0.4 is 5.32 Å². The highest BCUT2D eigenvalue weighted by Crippen LogP contribution is 2.25. The summed E-state index contributed by atoms with van der Waals surface area (Å²) in [5, 5.41) is 2.78. The number of aryl methyl sites for hydroxylation is 2. The summed E-state index contributed by atoms with van der Waals surface area (Å²) in [5.74, 6) is -0.352. The van der Waals surface area contributed by atoms with Crippen molar-refractivity contribution < 1.29 is 13.2 Å². The minimum atomic E-state index is -3.66. The van der Waals surface area contributed by atoms with Gasteiger partial charge >= 0.3 is 0 Å². The maximum Gasteiger partial charge on any atom is 0.243 e. The molecule has 0 fully saturated rings. The number of fused-ring (bicyclic) bond motifs is 1. The van der Waals surface area contributed by atoms with E-state index in [2.05, 4.69) is 5.32 Å². The van der Waals surface area contributed by atoms with E-state index in [4.69, 9.17) is 0 Å². The van der Waals surface area contributed by atoms with Gasteiger partial charge in [-0.05, 0) is 54.7 Å². The lowest BCUT2D eigenvalue weighted by molar-refractivity contribution is -0.116. The van der Waals surface area contributed by atoms with E-state index in [1.54, 1.807) is 18.2 Å². The number of anilines is 1. The van der Waals surface area contributed by atoms with E-state index < -0.39 is 10.0 Å². The Balaban J connectivity index is 1.66. The van der Waals surface area contributed by atoms with E-state index in [9.17, 15) is 13.2 Å². The van der Waals surface area contributed by atoms with Crippen LogP contribution in [0.5, 0.6) is 0 Å². The number of nitrogens with zero attached hydrogens (tertiary/aromatic N) is 1. The third-order valence-electron chi connectivity index (χ3n) is 4.20. The van der Waals surface area contributed by atoms with Crippen molar-refractivity contribution in [2.24, 2.45) is 0 Å². The molecule has 0 heterocycles. The molecule has 2 aromatic rings. The molecule has 0 atom stereocenters. The number of hydrogen-bond donors (Lipinski definition) is 1. The topological polar surface area (TPSA) is 66.5 Å². The summed E-state index contributed by atoms with van der Waals surface area (Å²) in [6, 6.07) is 14.0. The predicted octanol–water partition coefficient (Wildman–Crippen LogP) is 2.43. The zero-order valence-corrected chi connectivity index (χ0v) is 14.3. The first kappa shape index (κ1) is 16.7. The Bertz CT molecular complexity index is 848. The summed E-state index contributed by atoms with van der Waals surface area (Å²) in [6.07, 6.45) is 3.26. The zero-order valence-electron chi connectivity index (χ0n) is 13.5. The van der Waals surface area contributed by atoms with Gasteiger partial charge in [0.05, 0.1) is 11.4 Å². The fourth-order valence-corrected chi connectivity index (χ4v) is 4.06. The molecule has 0 spiro atoms. The van der Waals surface area contributed by atoms with Crippen LogP contribution >= 0.6 is 0 Å². The maximum absolute atomic E-state index is 12.4. The van der Waals surface area contributed by atoms with E-state index in [-0.39, 0.29) is 17.3 Å². The molecule has 0 saturated heterocycles. The summed E-state index contributed by atoms with van der Waals surface area (Å²) < 4.78 is 25.9. The van der Waals surface area contributed by atoms with Gasteiger partial charge in [0.1, 0.15) is 0 Å². The standard InChI is InChI=1S/C18H20N2O3S/c1-20(24(22,23)17-8-3-2-4-9-17)13-18(21)19-16-11-10-14-6-5-7-15(14)12-16/h2-4,8-12H,5-7,13H2,1H3,(H,19,21). The molecule has 6 heteroatoms. The SMILES string of the molecule is CN(CC(=O)Nc1ccc2c(c1)CCC2)S(=O)(=O)c1ccccc1. The maximum atomic E-state index is 12.4. The molecule has 0 aromatic heterocycles. The molecule has 3 rings (SSSR count). The quantitative estimate of drug-likeness (QED) is 0.906. The van der Waals surface area contributed by atoms with E-state index in [0.29, 0.717) is 5.69 Å². The Morgan fingerprint density at radius 3 is 2.54 bits per heavy atom. The van der Waals surface area contributed by atoms with Crippen LogP contribution in [0.3, 0.4) is 0 Å². The van der Waals surface area contributed by atoms with Crippen LogP contribution in [-0.4, -0.2) is 32.2 Å². The number of nitrogens with one attached hydrogen (secondary N) is 1. The number of rotatable bonds is 5. The molecule has 1 aliphatic carbocycles. The highest BCUT2D eigenvalue weighted by atomic mass is 32.2. The fraction of sp³-hybridized carbons (Fsp3) is 0.278. The second-order valence-electron chi connectivity index (χ2n) is 5.96. The van der Waals surface area contributed by atoms with Crippen molar-refractivity contribution in [3.8, 4) is 0 Å². The third kappa shape index (κ3) is 3.49. The number of sulfonamides is 1. The molecule has 5 nitrogen and oxygen atoms in total. The van der Waals surface area contributed by atoms with Crippen LogP contribution in [0.25, 0.3) is 0 Å². The number of hydrogen-bond acceptors (Lipinski definition) is 3. The van der Waals surface area contributed by atoms with Gasteiger partial charge in [0.2, 0.25) is 15.9 Å². The lowest BCUT2D eigenvalue weighted by atomic mass is 10.1. The summed E-state index contributed by atoms with van der Waals surface area (Å²) in [6.45, 7) is -0.228. The number of carbonyl (C=O) groups excluding carboxylic acids is 1. The van der Waals surface area contributed by atoms with Crippen molar-refractivity contribution in [2.75, 3.05) is 18.9 Å². The highest BCUT2D eigenvalue weighted by molar-refractivity contribution is 7.89. The van der Waals surface area contributed by atoms with Crippen molar-refractivity contribution >= 4 is 21.6 Å². The van der Waals surface area contributed by atoms with E-state index in [0.717, 1.165) is 23.6 Å². The highest BCUT2D eigenvalue weighted by Gasteiger charge is 2.22. The molecule has 0 radical (unpaired) electrons. The van der Waals surface area contributed by atoms with Crippen LogP contribution in [0.15, 0.2) is 53.4 Å². The van der Waals surface area contributed by atoms with Gasteiger partial charge in [0, 0.05) is 12.7 Å². The summed E-state index contributed by atoms with van der Waals surface area (Å²) in [5.41, 5.74) is 3.31. The molecule has 0 aliphatic heterocycles. The van der Waals surface area contributed by atoms with Crippen LogP contribution in [0.1, 0.15) is 17.5 Å². The first-order valence-corrected chi connectivity index (χ1v) is 9.34. The van der Waals surface area contributed by atoms with Gasteiger partial charge in [0.25, 0.3) is 0 Å². The van der Waals surface area contributed by atoms with Crippen LogP contribution in [0.4, 0.5) is 5.69 Å². The molecular weight excluding hydrogens is 324 g/mol. The average Bonchev–Trinajstić information content (AvgIpc) is 3.03. The van der Waals surface area contributed by atoms with E-state index in [1.807, 2.05) is 18.2 Å². The fourth-order valence-electron chi connectivity index (χ4n) is 2.91. The van der Waals surface area contributed by atoms with Crippen molar-refractivity contribution in [3.05, 3.63) is 59.7 Å². The molecule has 1 N–H and O–H groups in total. The molecule has 24 heavy (non-hydrogen) atoms. The van der Waals surface area contributed by atoms with Crippen molar-refractivity contribution in [1.29, 1.82) is 0 Å². The van der Waals surface area contributed by atoms with Gasteiger partial charge in [-0.1, -0.05) is 24.3 Å². The Labute approximate surface area is 142 Å². The third-order valence-corrected chi connectivity index (χ3v) is 6.02. The number of carbonyl (C=O) groups is 1. The first-order valence-electron chi connectivity index (χ1n) is 7.90. The Hall–Kier alpha value is -2.18. The predicted molar refractivity (Wildman–Crippen MR) is 93.4 cm³/mol.